The molecule has 1 aromatic rings. The van der Waals surface area contributed by atoms with Crippen molar-refractivity contribution in [1.29, 1.82) is 0 Å². The maximum Gasteiger partial charge on any atom is 0.0638 e. The summed E-state index contributed by atoms with van der Waals surface area (Å²) in [6, 6.07) is 0.531. The largest absolute Gasteiger partial charge is 0.381 e. The topological polar surface area (TPSA) is 39.1 Å². The monoisotopic (exact) mass is 209 g/mol. The number of nitrogens with zero attached hydrogens (tertiary/aromatic N) is 2. The molecule has 1 aromatic heterocycles. The van der Waals surface area contributed by atoms with Crippen LogP contribution in [0.25, 0.3) is 0 Å². The fraction of sp³-hybridized carbons (Fsp3) is 0.727. The SMILES string of the molecule is CNCc1cn(C2CCOCC2)nc1C. The van der Waals surface area contributed by atoms with E-state index in [-0.39, 0.29) is 0 Å². The van der Waals surface area contributed by atoms with Gasteiger partial charge in [-0.1, -0.05) is 0 Å². The molecule has 4 nitrogen and oxygen atoms in total. The van der Waals surface area contributed by atoms with Gasteiger partial charge in [-0.05, 0) is 26.8 Å². The second-order valence-electron chi connectivity index (χ2n) is 4.09. The minimum atomic E-state index is 0.531. The van der Waals surface area contributed by atoms with E-state index in [1.807, 2.05) is 7.05 Å². The Balaban J connectivity index is 2.10. The molecule has 0 radical (unpaired) electrons. The quantitative estimate of drug-likeness (QED) is 0.814. The molecule has 1 fully saturated rings. The molecule has 2 heterocycles. The van der Waals surface area contributed by atoms with Crippen LogP contribution in [-0.4, -0.2) is 30.0 Å². The molecule has 0 atom stereocenters. The van der Waals surface area contributed by atoms with Crippen LogP contribution in [0.3, 0.4) is 0 Å². The summed E-state index contributed by atoms with van der Waals surface area (Å²) in [7, 11) is 1.96. The predicted octanol–water partition coefficient (Wildman–Crippen LogP) is 1.26. The molecule has 0 aliphatic carbocycles. The van der Waals surface area contributed by atoms with Crippen LogP contribution in [0.5, 0.6) is 0 Å². The zero-order chi connectivity index (χ0) is 10.7. The van der Waals surface area contributed by atoms with Crippen molar-refractivity contribution in [2.45, 2.75) is 32.4 Å². The third-order valence-corrected chi connectivity index (χ3v) is 2.95. The standard InChI is InChI=1S/C11H19N3O/c1-9-10(7-12-2)8-14(13-9)11-3-5-15-6-4-11/h8,11-12H,3-7H2,1-2H3. The van der Waals surface area contributed by atoms with Gasteiger partial charge < -0.3 is 10.1 Å². The smallest absolute Gasteiger partial charge is 0.0638 e. The second kappa shape index (κ2) is 4.77. The lowest BCUT2D eigenvalue weighted by Gasteiger charge is -2.22. The van der Waals surface area contributed by atoms with Gasteiger partial charge >= 0.3 is 0 Å². The zero-order valence-corrected chi connectivity index (χ0v) is 9.49. The molecule has 84 valence electrons. The lowest BCUT2D eigenvalue weighted by atomic mass is 10.1. The van der Waals surface area contributed by atoms with Crippen molar-refractivity contribution in [3.8, 4) is 0 Å². The van der Waals surface area contributed by atoms with E-state index in [0.29, 0.717) is 6.04 Å². The van der Waals surface area contributed by atoms with Crippen LogP contribution in [0.4, 0.5) is 0 Å². The minimum Gasteiger partial charge on any atom is -0.381 e. The fourth-order valence-corrected chi connectivity index (χ4v) is 2.02. The molecule has 0 unspecified atom stereocenters. The molecule has 4 heteroatoms. The van der Waals surface area contributed by atoms with Gasteiger partial charge in [-0.15, -0.1) is 0 Å². The Hall–Kier alpha value is -0.870. The van der Waals surface area contributed by atoms with Gasteiger partial charge in [0.25, 0.3) is 0 Å². The van der Waals surface area contributed by atoms with E-state index in [2.05, 4.69) is 28.2 Å². The van der Waals surface area contributed by atoms with Gasteiger partial charge in [-0.3, -0.25) is 4.68 Å². The van der Waals surface area contributed by atoms with Gasteiger partial charge in [0.05, 0.1) is 11.7 Å². The Morgan fingerprint density at radius 2 is 2.27 bits per heavy atom. The first-order chi connectivity index (χ1) is 7.31. The third-order valence-electron chi connectivity index (χ3n) is 2.95. The van der Waals surface area contributed by atoms with Crippen LogP contribution in [0.2, 0.25) is 0 Å². The van der Waals surface area contributed by atoms with Crippen molar-refractivity contribution >= 4 is 0 Å². The first-order valence-electron chi connectivity index (χ1n) is 5.58. The summed E-state index contributed by atoms with van der Waals surface area (Å²) in [6.07, 6.45) is 4.34. The molecule has 0 spiro atoms. The molecular weight excluding hydrogens is 190 g/mol. The van der Waals surface area contributed by atoms with E-state index in [0.717, 1.165) is 38.3 Å². The van der Waals surface area contributed by atoms with Crippen molar-refractivity contribution in [2.75, 3.05) is 20.3 Å². The van der Waals surface area contributed by atoms with Crippen LogP contribution >= 0.6 is 0 Å². The van der Waals surface area contributed by atoms with Gasteiger partial charge in [0.1, 0.15) is 0 Å². The summed E-state index contributed by atoms with van der Waals surface area (Å²) < 4.78 is 7.47. The van der Waals surface area contributed by atoms with E-state index in [4.69, 9.17) is 4.74 Å². The number of aromatic nitrogens is 2. The number of aryl methyl sites for hydroxylation is 1. The summed E-state index contributed by atoms with van der Waals surface area (Å²) >= 11 is 0. The van der Waals surface area contributed by atoms with Crippen LogP contribution in [0, 0.1) is 6.92 Å². The number of ether oxygens (including phenoxy) is 1. The maximum atomic E-state index is 5.35. The average Bonchev–Trinajstić information content (AvgIpc) is 2.63. The molecule has 0 amide bonds. The summed E-state index contributed by atoms with van der Waals surface area (Å²) in [5.41, 5.74) is 2.43. The molecule has 1 aliphatic rings. The molecule has 2 rings (SSSR count). The van der Waals surface area contributed by atoms with Crippen molar-refractivity contribution in [1.82, 2.24) is 15.1 Å². The van der Waals surface area contributed by atoms with Crippen molar-refractivity contribution in [2.24, 2.45) is 0 Å². The summed E-state index contributed by atoms with van der Waals surface area (Å²) in [5, 5.41) is 7.74. The molecule has 0 aromatic carbocycles. The van der Waals surface area contributed by atoms with Gasteiger partial charge in [0.15, 0.2) is 0 Å². The zero-order valence-electron chi connectivity index (χ0n) is 9.49. The molecule has 1 N–H and O–H groups in total. The van der Waals surface area contributed by atoms with E-state index in [1.165, 1.54) is 5.56 Å². The molecule has 15 heavy (non-hydrogen) atoms. The van der Waals surface area contributed by atoms with Gasteiger partial charge in [-0.25, -0.2) is 0 Å². The highest BCUT2D eigenvalue weighted by Crippen LogP contribution is 2.21. The van der Waals surface area contributed by atoms with Crippen LogP contribution in [0.15, 0.2) is 6.20 Å². The van der Waals surface area contributed by atoms with Crippen molar-refractivity contribution in [3.05, 3.63) is 17.5 Å². The summed E-state index contributed by atoms with van der Waals surface area (Å²) in [4.78, 5) is 0. The van der Waals surface area contributed by atoms with Gasteiger partial charge in [0.2, 0.25) is 0 Å². The Morgan fingerprint density at radius 3 is 2.93 bits per heavy atom. The average molecular weight is 209 g/mol. The Kier molecular flexibility index (Phi) is 3.38. The summed E-state index contributed by atoms with van der Waals surface area (Å²) in [5.74, 6) is 0. The molecular formula is C11H19N3O. The maximum absolute atomic E-state index is 5.35. The van der Waals surface area contributed by atoms with E-state index in [1.54, 1.807) is 0 Å². The second-order valence-corrected chi connectivity index (χ2v) is 4.09. The van der Waals surface area contributed by atoms with Gasteiger partial charge in [0, 0.05) is 31.5 Å². The highest BCUT2D eigenvalue weighted by atomic mass is 16.5. The lowest BCUT2D eigenvalue weighted by Crippen LogP contribution is -2.20. The predicted molar refractivity (Wildman–Crippen MR) is 58.8 cm³/mol. The Bertz CT molecular complexity index is 316. The molecule has 1 aliphatic heterocycles. The van der Waals surface area contributed by atoms with Gasteiger partial charge in [-0.2, -0.15) is 5.10 Å². The number of rotatable bonds is 3. The number of hydrogen-bond donors (Lipinski definition) is 1. The van der Waals surface area contributed by atoms with Crippen LogP contribution < -0.4 is 5.32 Å². The van der Waals surface area contributed by atoms with Crippen LogP contribution in [-0.2, 0) is 11.3 Å². The van der Waals surface area contributed by atoms with Crippen molar-refractivity contribution < 1.29 is 4.74 Å². The Morgan fingerprint density at radius 1 is 1.53 bits per heavy atom. The lowest BCUT2D eigenvalue weighted by molar-refractivity contribution is 0.0661. The first-order valence-corrected chi connectivity index (χ1v) is 5.58. The number of nitrogens with one attached hydrogen (secondary N) is 1. The number of hydrogen-bond acceptors (Lipinski definition) is 3. The fourth-order valence-electron chi connectivity index (χ4n) is 2.02. The highest BCUT2D eigenvalue weighted by Gasteiger charge is 2.17. The van der Waals surface area contributed by atoms with Crippen molar-refractivity contribution in [3.63, 3.8) is 0 Å². The van der Waals surface area contributed by atoms with Crippen LogP contribution in [0.1, 0.15) is 30.1 Å². The highest BCUT2D eigenvalue weighted by molar-refractivity contribution is 5.15. The normalized spacial score (nSPS) is 18.3. The first kappa shape index (κ1) is 10.6. The van der Waals surface area contributed by atoms with E-state index < -0.39 is 0 Å². The minimum absolute atomic E-state index is 0.531. The molecule has 0 saturated carbocycles. The van der Waals surface area contributed by atoms with E-state index in [9.17, 15) is 0 Å². The molecule has 0 bridgehead atoms. The van der Waals surface area contributed by atoms with E-state index >= 15 is 0 Å². The summed E-state index contributed by atoms with van der Waals surface area (Å²) in [6.45, 7) is 4.70. The third kappa shape index (κ3) is 2.38. The molecule has 1 saturated heterocycles. The Labute approximate surface area is 90.6 Å².